The summed E-state index contributed by atoms with van der Waals surface area (Å²) >= 11 is 6.23. The zero-order valence-electron chi connectivity index (χ0n) is 16.0. The van der Waals surface area contributed by atoms with Gasteiger partial charge in [0.1, 0.15) is 0 Å². The summed E-state index contributed by atoms with van der Waals surface area (Å²) in [5, 5.41) is 13.1. The first-order valence-electron chi connectivity index (χ1n) is 9.60. The Balaban J connectivity index is 2.03. The van der Waals surface area contributed by atoms with E-state index in [0.29, 0.717) is 18.1 Å². The topological polar surface area (TPSA) is 55.8 Å². The molecule has 0 aromatic heterocycles. The molecular weight excluding hydrogens is 350 g/mol. The van der Waals surface area contributed by atoms with E-state index in [1.165, 1.54) is 19.3 Å². The van der Waals surface area contributed by atoms with Gasteiger partial charge in [0.25, 0.3) is 0 Å². The van der Waals surface area contributed by atoms with E-state index in [-0.39, 0.29) is 24.7 Å². The number of halogens is 1. The zero-order chi connectivity index (χ0) is 19.0. The number of nitrogens with one attached hydrogen (secondary N) is 1. The van der Waals surface area contributed by atoms with Gasteiger partial charge in [0.2, 0.25) is 0 Å². The van der Waals surface area contributed by atoms with E-state index in [1.807, 2.05) is 24.3 Å². The van der Waals surface area contributed by atoms with E-state index < -0.39 is 0 Å². The molecule has 1 aromatic carbocycles. The quantitative estimate of drug-likeness (QED) is 0.724. The van der Waals surface area contributed by atoms with Crippen LogP contribution in [0.2, 0.25) is 5.02 Å². The number of likely N-dealkylation sites (N-methyl/N-ethyl adjacent to an activating group) is 1. The lowest BCUT2D eigenvalue weighted by atomic mass is 9.80. The minimum Gasteiger partial charge on any atom is -0.395 e. The van der Waals surface area contributed by atoms with Crippen molar-refractivity contribution >= 4 is 17.6 Å². The number of carbonyl (C=O) groups excluding carboxylic acids is 1. The molecule has 0 spiro atoms. The number of hydrogen-bond acceptors (Lipinski definition) is 3. The highest BCUT2D eigenvalue weighted by Crippen LogP contribution is 2.32. The van der Waals surface area contributed by atoms with Crippen molar-refractivity contribution in [2.24, 2.45) is 0 Å². The molecule has 2 rings (SSSR count). The second-order valence-electron chi connectivity index (χ2n) is 7.19. The monoisotopic (exact) mass is 381 g/mol. The Morgan fingerprint density at radius 1 is 1.27 bits per heavy atom. The summed E-state index contributed by atoms with van der Waals surface area (Å²) in [5.74, 6) is 0. The summed E-state index contributed by atoms with van der Waals surface area (Å²) in [6.07, 6.45) is 5.92. The normalized spacial score (nSPS) is 16.5. The highest BCUT2D eigenvalue weighted by molar-refractivity contribution is 6.31. The number of urea groups is 1. The van der Waals surface area contributed by atoms with Crippen LogP contribution in [0.1, 0.15) is 44.6 Å². The molecule has 146 valence electrons. The molecule has 1 fully saturated rings. The zero-order valence-corrected chi connectivity index (χ0v) is 16.8. The summed E-state index contributed by atoms with van der Waals surface area (Å²) in [7, 11) is 2.15. The van der Waals surface area contributed by atoms with Crippen molar-refractivity contribution in [3.8, 4) is 0 Å². The van der Waals surface area contributed by atoms with Crippen molar-refractivity contribution in [1.82, 2.24) is 15.1 Å². The van der Waals surface area contributed by atoms with Crippen LogP contribution in [0.5, 0.6) is 0 Å². The van der Waals surface area contributed by atoms with E-state index in [4.69, 9.17) is 11.6 Å². The number of carbonyl (C=O) groups is 1. The molecule has 26 heavy (non-hydrogen) atoms. The van der Waals surface area contributed by atoms with Crippen LogP contribution in [0.4, 0.5) is 4.79 Å². The maximum atomic E-state index is 12.8. The molecular formula is C20H32ClN3O2. The number of hydrogen-bond donors (Lipinski definition) is 2. The number of aliphatic hydroxyl groups is 1. The van der Waals surface area contributed by atoms with Gasteiger partial charge in [0, 0.05) is 30.2 Å². The Morgan fingerprint density at radius 2 is 1.96 bits per heavy atom. The van der Waals surface area contributed by atoms with Crippen LogP contribution in [-0.4, -0.2) is 59.8 Å². The lowest BCUT2D eigenvalue weighted by molar-refractivity contribution is 0.0782. The summed E-state index contributed by atoms with van der Waals surface area (Å²) in [5.41, 5.74) is 0.925. The van der Waals surface area contributed by atoms with Crippen LogP contribution in [0.15, 0.2) is 24.3 Å². The van der Waals surface area contributed by atoms with Gasteiger partial charge in [0.05, 0.1) is 6.61 Å². The Labute approximate surface area is 162 Å². The van der Waals surface area contributed by atoms with Gasteiger partial charge in [-0.15, -0.1) is 0 Å². The van der Waals surface area contributed by atoms with Gasteiger partial charge in [-0.05, 0) is 38.1 Å². The smallest absolute Gasteiger partial charge is 0.317 e. The van der Waals surface area contributed by atoms with Crippen molar-refractivity contribution in [2.45, 2.75) is 51.1 Å². The minimum atomic E-state index is -0.145. The van der Waals surface area contributed by atoms with Crippen molar-refractivity contribution in [3.05, 3.63) is 34.9 Å². The highest BCUT2D eigenvalue weighted by atomic mass is 35.5. The second kappa shape index (κ2) is 10.1. The van der Waals surface area contributed by atoms with E-state index in [1.54, 1.807) is 4.90 Å². The van der Waals surface area contributed by atoms with Gasteiger partial charge in [-0.1, -0.05) is 56.0 Å². The third-order valence-electron chi connectivity index (χ3n) is 5.61. The van der Waals surface area contributed by atoms with Gasteiger partial charge in [0.15, 0.2) is 0 Å². The first-order valence-corrected chi connectivity index (χ1v) is 9.98. The standard InChI is InChI=1S/C20H32ClN3O2/c1-3-23(2)20(11-7-4-8-12-20)16-22-19(26)24(13-14-25)15-17-9-5-6-10-18(17)21/h5-6,9-10,25H,3-4,7-8,11-16H2,1-2H3,(H,22,26). The van der Waals surface area contributed by atoms with Crippen LogP contribution >= 0.6 is 11.6 Å². The van der Waals surface area contributed by atoms with E-state index in [9.17, 15) is 9.90 Å². The van der Waals surface area contributed by atoms with Gasteiger partial charge < -0.3 is 15.3 Å². The van der Waals surface area contributed by atoms with Crippen LogP contribution in [0.25, 0.3) is 0 Å². The predicted octanol–water partition coefficient (Wildman–Crippen LogP) is 3.50. The minimum absolute atomic E-state index is 0.0396. The fourth-order valence-electron chi connectivity index (χ4n) is 3.80. The summed E-state index contributed by atoms with van der Waals surface area (Å²) in [6.45, 7) is 4.37. The molecule has 5 nitrogen and oxygen atoms in total. The van der Waals surface area contributed by atoms with Crippen LogP contribution in [0, 0.1) is 0 Å². The number of aliphatic hydroxyl groups excluding tert-OH is 1. The summed E-state index contributed by atoms with van der Waals surface area (Å²) < 4.78 is 0. The Bertz CT molecular complexity index is 576. The fraction of sp³-hybridized carbons (Fsp3) is 0.650. The van der Waals surface area contributed by atoms with E-state index in [0.717, 1.165) is 24.9 Å². The molecule has 0 aliphatic heterocycles. The van der Waals surface area contributed by atoms with Crippen molar-refractivity contribution in [2.75, 3.05) is 33.3 Å². The van der Waals surface area contributed by atoms with Gasteiger partial charge >= 0.3 is 6.03 Å². The van der Waals surface area contributed by atoms with Crippen molar-refractivity contribution in [3.63, 3.8) is 0 Å². The molecule has 1 aliphatic carbocycles. The average Bonchev–Trinajstić information content (AvgIpc) is 2.67. The second-order valence-corrected chi connectivity index (χ2v) is 7.60. The molecule has 0 bridgehead atoms. The van der Waals surface area contributed by atoms with Gasteiger partial charge in [-0.3, -0.25) is 4.90 Å². The number of nitrogens with zero attached hydrogens (tertiary/aromatic N) is 2. The van der Waals surface area contributed by atoms with E-state index >= 15 is 0 Å². The number of benzene rings is 1. The van der Waals surface area contributed by atoms with E-state index in [2.05, 4.69) is 24.2 Å². The number of amides is 2. The predicted molar refractivity (Wildman–Crippen MR) is 106 cm³/mol. The molecule has 2 amide bonds. The SMILES string of the molecule is CCN(C)C1(CNC(=O)N(CCO)Cc2ccccc2Cl)CCCCC1. The molecule has 0 saturated heterocycles. The molecule has 0 unspecified atom stereocenters. The maximum Gasteiger partial charge on any atom is 0.317 e. The van der Waals surface area contributed by atoms with Gasteiger partial charge in [-0.25, -0.2) is 4.79 Å². The Kier molecular flexibility index (Phi) is 8.19. The molecule has 6 heteroatoms. The first kappa shape index (κ1) is 21.0. The third kappa shape index (κ3) is 5.35. The fourth-order valence-corrected chi connectivity index (χ4v) is 3.99. The largest absolute Gasteiger partial charge is 0.395 e. The summed E-state index contributed by atoms with van der Waals surface area (Å²) in [4.78, 5) is 16.8. The molecule has 2 N–H and O–H groups in total. The lowest BCUT2D eigenvalue weighted by Gasteiger charge is -2.44. The Morgan fingerprint density at radius 3 is 2.58 bits per heavy atom. The molecule has 0 atom stereocenters. The molecule has 1 aromatic rings. The number of rotatable bonds is 8. The molecule has 1 aliphatic rings. The Hall–Kier alpha value is -1.30. The van der Waals surface area contributed by atoms with Crippen molar-refractivity contribution in [1.29, 1.82) is 0 Å². The van der Waals surface area contributed by atoms with Crippen LogP contribution in [0.3, 0.4) is 0 Å². The molecule has 0 heterocycles. The maximum absolute atomic E-state index is 12.8. The molecule has 0 radical (unpaired) electrons. The molecule has 1 saturated carbocycles. The summed E-state index contributed by atoms with van der Waals surface area (Å²) in [6, 6.07) is 7.36. The average molecular weight is 382 g/mol. The first-order chi connectivity index (χ1) is 12.5. The third-order valence-corrected chi connectivity index (χ3v) is 5.98. The van der Waals surface area contributed by atoms with Crippen molar-refractivity contribution < 1.29 is 9.90 Å². The highest BCUT2D eigenvalue weighted by Gasteiger charge is 2.35. The van der Waals surface area contributed by atoms with Crippen LogP contribution in [-0.2, 0) is 6.54 Å². The lowest BCUT2D eigenvalue weighted by Crippen LogP contribution is -2.56. The van der Waals surface area contributed by atoms with Crippen LogP contribution < -0.4 is 5.32 Å². The van der Waals surface area contributed by atoms with Gasteiger partial charge in [-0.2, -0.15) is 0 Å².